The Morgan fingerprint density at radius 3 is 2.31 bits per heavy atom. The summed E-state index contributed by atoms with van der Waals surface area (Å²) < 4.78 is 0. The van der Waals surface area contributed by atoms with Gasteiger partial charge in [-0.15, -0.1) is 0 Å². The van der Waals surface area contributed by atoms with Crippen molar-refractivity contribution in [2.45, 2.75) is 58.5 Å². The van der Waals surface area contributed by atoms with Crippen LogP contribution in [0.15, 0.2) is 53.6 Å². The van der Waals surface area contributed by atoms with E-state index >= 15 is 0 Å². The lowest BCUT2D eigenvalue weighted by Crippen LogP contribution is -2.44. The lowest BCUT2D eigenvalue weighted by molar-refractivity contribution is -0.135. The van der Waals surface area contributed by atoms with Gasteiger partial charge in [-0.25, -0.2) is 5.01 Å². The summed E-state index contributed by atoms with van der Waals surface area (Å²) in [5.41, 5.74) is 5.72. The number of rotatable bonds is 4. The summed E-state index contributed by atoms with van der Waals surface area (Å²) in [6.45, 7) is 7.87. The lowest BCUT2D eigenvalue weighted by atomic mass is 9.97. The summed E-state index contributed by atoms with van der Waals surface area (Å²) in [5.74, 6) is 0.103. The summed E-state index contributed by atoms with van der Waals surface area (Å²) in [6.07, 6.45) is 4.37. The monoisotopic (exact) mass is 389 g/mol. The van der Waals surface area contributed by atoms with Crippen molar-refractivity contribution in [3.8, 4) is 0 Å². The number of hydrogen-bond donors (Lipinski definition) is 0. The highest BCUT2D eigenvalue weighted by Gasteiger charge is 2.34. The molecule has 0 unspecified atom stereocenters. The molecule has 1 amide bonds. The molecular formula is C25H31N3O. The van der Waals surface area contributed by atoms with E-state index < -0.39 is 0 Å². The maximum Gasteiger partial charge on any atom is 0.257 e. The van der Waals surface area contributed by atoms with Gasteiger partial charge in [-0.2, -0.15) is 5.10 Å². The van der Waals surface area contributed by atoms with Gasteiger partial charge in [0.25, 0.3) is 5.91 Å². The third-order valence-corrected chi connectivity index (χ3v) is 6.29. The van der Waals surface area contributed by atoms with Gasteiger partial charge in [0.2, 0.25) is 0 Å². The van der Waals surface area contributed by atoms with E-state index in [4.69, 9.17) is 5.10 Å². The number of hydrogen-bond acceptors (Lipinski definition) is 3. The van der Waals surface area contributed by atoms with Crippen LogP contribution in [0.2, 0.25) is 0 Å². The fourth-order valence-corrected chi connectivity index (χ4v) is 4.35. The van der Waals surface area contributed by atoms with Crippen LogP contribution >= 0.6 is 0 Å². The summed E-state index contributed by atoms with van der Waals surface area (Å²) in [4.78, 5) is 15.6. The Morgan fingerprint density at radius 2 is 1.66 bits per heavy atom. The molecule has 0 aliphatic carbocycles. The predicted molar refractivity (Wildman–Crippen MR) is 118 cm³/mol. The maximum atomic E-state index is 13.3. The van der Waals surface area contributed by atoms with Gasteiger partial charge in [0.1, 0.15) is 0 Å². The van der Waals surface area contributed by atoms with E-state index in [0.717, 1.165) is 29.8 Å². The summed E-state index contributed by atoms with van der Waals surface area (Å²) >= 11 is 0. The van der Waals surface area contributed by atoms with Gasteiger partial charge in [-0.1, -0.05) is 66.1 Å². The van der Waals surface area contributed by atoms with E-state index in [1.165, 1.54) is 30.4 Å². The van der Waals surface area contributed by atoms with E-state index in [1.807, 2.05) is 0 Å². The molecule has 4 nitrogen and oxygen atoms in total. The van der Waals surface area contributed by atoms with Crippen molar-refractivity contribution in [2.75, 3.05) is 13.1 Å². The molecule has 0 N–H and O–H groups in total. The van der Waals surface area contributed by atoms with E-state index in [-0.39, 0.29) is 11.9 Å². The molecule has 29 heavy (non-hydrogen) atoms. The SMILES string of the molecule is Cc1ccc(C2=NN(C(=O)CN3CCCC[C@H]3C)[C@H](c3ccc(C)cc3)C2)cc1. The predicted octanol–water partition coefficient (Wildman–Crippen LogP) is 4.86. The van der Waals surface area contributed by atoms with Crippen LogP contribution in [0.4, 0.5) is 0 Å². The molecule has 2 aliphatic rings. The summed E-state index contributed by atoms with van der Waals surface area (Å²) in [7, 11) is 0. The van der Waals surface area contributed by atoms with Crippen LogP contribution in [-0.4, -0.2) is 40.7 Å². The number of hydrazone groups is 1. The van der Waals surface area contributed by atoms with Crippen LogP contribution in [0.25, 0.3) is 0 Å². The van der Waals surface area contributed by atoms with E-state index in [1.54, 1.807) is 5.01 Å². The van der Waals surface area contributed by atoms with Crippen molar-refractivity contribution < 1.29 is 4.79 Å². The fraction of sp³-hybridized carbons (Fsp3) is 0.440. The second kappa shape index (κ2) is 8.50. The molecule has 1 fully saturated rings. The highest BCUT2D eigenvalue weighted by atomic mass is 16.2. The van der Waals surface area contributed by atoms with Crippen LogP contribution in [0.5, 0.6) is 0 Å². The third-order valence-electron chi connectivity index (χ3n) is 6.29. The molecule has 1 saturated heterocycles. The van der Waals surface area contributed by atoms with Crippen LogP contribution in [0.3, 0.4) is 0 Å². The first-order valence-corrected chi connectivity index (χ1v) is 10.8. The zero-order chi connectivity index (χ0) is 20.4. The Kier molecular flexibility index (Phi) is 5.81. The topological polar surface area (TPSA) is 35.9 Å². The minimum atomic E-state index is -0.0282. The Balaban J connectivity index is 1.60. The molecule has 0 saturated carbocycles. The molecular weight excluding hydrogens is 358 g/mol. The van der Waals surface area contributed by atoms with Crippen molar-refractivity contribution in [1.82, 2.24) is 9.91 Å². The van der Waals surface area contributed by atoms with Crippen molar-refractivity contribution in [3.05, 3.63) is 70.8 Å². The maximum absolute atomic E-state index is 13.3. The number of aryl methyl sites for hydroxylation is 2. The van der Waals surface area contributed by atoms with Gasteiger partial charge >= 0.3 is 0 Å². The smallest absolute Gasteiger partial charge is 0.257 e. The minimum absolute atomic E-state index is 0.0282. The van der Waals surface area contributed by atoms with Crippen LogP contribution in [0.1, 0.15) is 60.9 Å². The average Bonchev–Trinajstić information content (AvgIpc) is 3.16. The Hall–Kier alpha value is -2.46. The van der Waals surface area contributed by atoms with Gasteiger partial charge in [0.15, 0.2) is 0 Å². The Labute approximate surface area is 174 Å². The molecule has 0 bridgehead atoms. The number of nitrogens with zero attached hydrogens (tertiary/aromatic N) is 3. The van der Waals surface area contributed by atoms with Gasteiger partial charge in [0.05, 0.1) is 18.3 Å². The number of carbonyl (C=O) groups excluding carboxylic acids is 1. The molecule has 2 aliphatic heterocycles. The average molecular weight is 390 g/mol. The van der Waals surface area contributed by atoms with E-state index in [9.17, 15) is 4.79 Å². The molecule has 0 spiro atoms. The van der Waals surface area contributed by atoms with Gasteiger partial charge in [-0.3, -0.25) is 9.69 Å². The van der Waals surface area contributed by atoms with Gasteiger partial charge < -0.3 is 0 Å². The first-order valence-electron chi connectivity index (χ1n) is 10.8. The van der Waals surface area contributed by atoms with Crippen molar-refractivity contribution in [2.24, 2.45) is 5.10 Å². The summed E-state index contributed by atoms with van der Waals surface area (Å²) in [5, 5.41) is 6.58. The van der Waals surface area contributed by atoms with Gasteiger partial charge in [-0.05, 0) is 51.3 Å². The molecule has 2 heterocycles. The first kappa shape index (κ1) is 19.8. The molecule has 2 aromatic carbocycles. The second-order valence-electron chi connectivity index (χ2n) is 8.60. The van der Waals surface area contributed by atoms with Crippen molar-refractivity contribution in [3.63, 3.8) is 0 Å². The minimum Gasteiger partial charge on any atom is -0.292 e. The molecule has 0 aromatic heterocycles. The Morgan fingerprint density at radius 1 is 1.00 bits per heavy atom. The molecule has 152 valence electrons. The molecule has 4 rings (SSSR count). The molecule has 2 atom stereocenters. The molecule has 4 heteroatoms. The number of carbonyl (C=O) groups is 1. The van der Waals surface area contributed by atoms with Crippen LogP contribution in [0, 0.1) is 13.8 Å². The normalized spacial score (nSPS) is 22.6. The fourth-order valence-electron chi connectivity index (χ4n) is 4.35. The number of amides is 1. The first-order chi connectivity index (χ1) is 14.0. The van der Waals surface area contributed by atoms with E-state index in [0.29, 0.717) is 12.6 Å². The number of piperidine rings is 1. The Bertz CT molecular complexity index is 885. The largest absolute Gasteiger partial charge is 0.292 e. The van der Waals surface area contributed by atoms with E-state index in [2.05, 4.69) is 74.2 Å². The molecule has 2 aromatic rings. The van der Waals surface area contributed by atoms with Crippen LogP contribution < -0.4 is 0 Å². The zero-order valence-electron chi connectivity index (χ0n) is 17.8. The highest BCUT2D eigenvalue weighted by Crippen LogP contribution is 2.33. The third kappa shape index (κ3) is 4.43. The van der Waals surface area contributed by atoms with Gasteiger partial charge in [0, 0.05) is 12.5 Å². The van der Waals surface area contributed by atoms with Crippen molar-refractivity contribution >= 4 is 11.6 Å². The quantitative estimate of drug-likeness (QED) is 0.749. The lowest BCUT2D eigenvalue weighted by Gasteiger charge is -2.34. The van der Waals surface area contributed by atoms with Crippen LogP contribution in [-0.2, 0) is 4.79 Å². The van der Waals surface area contributed by atoms with Crippen molar-refractivity contribution in [1.29, 1.82) is 0 Å². The number of benzene rings is 2. The summed E-state index contributed by atoms with van der Waals surface area (Å²) in [6, 6.07) is 17.4. The zero-order valence-corrected chi connectivity index (χ0v) is 17.8. The second-order valence-corrected chi connectivity index (χ2v) is 8.60. The standard InChI is InChI=1S/C25H31N3O/c1-18-7-11-21(12-8-18)23-16-24(22-13-9-19(2)10-14-22)28(26-23)25(29)17-27-15-5-4-6-20(27)3/h7-14,20,24H,4-6,15-17H2,1-3H3/t20-,24+/m1/s1. The molecule has 0 radical (unpaired) electrons. The number of likely N-dealkylation sites (tertiary alicyclic amines) is 1. The highest BCUT2D eigenvalue weighted by molar-refractivity contribution is 6.03.